The van der Waals surface area contributed by atoms with Crippen LogP contribution in [-0.2, 0) is 0 Å². The number of imidazole rings is 2. The molecule has 4 aromatic heterocycles. The number of nitrogens with zero attached hydrogens (tertiary/aromatic N) is 4. The number of hydrogen-bond acceptors (Lipinski definition) is 6. The Balaban J connectivity index is 0.900. The summed E-state index contributed by atoms with van der Waals surface area (Å²) in [5.74, 6) is 2.82. The number of oxazole rings is 2. The Hall–Kier alpha value is -6.80. The molecular weight excluding hydrogens is 621 g/mol. The van der Waals surface area contributed by atoms with Crippen LogP contribution in [0.5, 0.6) is 0 Å². The van der Waals surface area contributed by atoms with Gasteiger partial charge in [0.25, 0.3) is 0 Å². The van der Waals surface area contributed by atoms with Gasteiger partial charge in [-0.1, -0.05) is 48.5 Å². The normalized spacial score (nSPS) is 11.8. The summed E-state index contributed by atoms with van der Waals surface area (Å²) >= 11 is 0. The van der Waals surface area contributed by atoms with Gasteiger partial charge in [-0.15, -0.1) is 0 Å². The van der Waals surface area contributed by atoms with E-state index in [-0.39, 0.29) is 0 Å². The smallest absolute Gasteiger partial charge is 0.227 e. The zero-order chi connectivity index (χ0) is 33.3. The lowest BCUT2D eigenvalue weighted by Crippen LogP contribution is -1.83. The van der Waals surface area contributed by atoms with E-state index in [0.717, 1.165) is 94.9 Å². The topological polar surface area (TPSA) is 109 Å². The standard InChI is InChI=1S/C42H28N6O2/c1-23-3-15-31-33(19-23)45-39(43-31)25-5-7-26(8-6-25)40-44-32-16-13-29(21-34(32)46-40)30-14-18-38-36(22-30)48-42(50-38)28-11-9-27(10-12-28)41-47-35-20-24(2)4-17-37(35)49-41/h3-22H,1-2H3,(H,43,45)(H,44,46). The molecule has 0 spiro atoms. The largest absolute Gasteiger partial charge is 0.436 e. The summed E-state index contributed by atoms with van der Waals surface area (Å²) in [5.41, 5.74) is 15.3. The van der Waals surface area contributed by atoms with Gasteiger partial charge in [0.05, 0.1) is 22.1 Å². The van der Waals surface area contributed by atoms with Crippen molar-refractivity contribution >= 4 is 44.3 Å². The monoisotopic (exact) mass is 648 g/mol. The summed E-state index contributed by atoms with van der Waals surface area (Å²) in [6.45, 7) is 4.12. The van der Waals surface area contributed by atoms with Gasteiger partial charge < -0.3 is 18.8 Å². The first kappa shape index (κ1) is 28.2. The first-order chi connectivity index (χ1) is 24.5. The third-order valence-corrected chi connectivity index (χ3v) is 9.20. The SMILES string of the molecule is Cc1ccc2[nH]c(-c3ccc(-c4nc5cc(-c6ccc7oc(-c8ccc(-c9nc%10cc(C)ccc%10o9)cc8)nc7c6)ccc5[nH]4)cc3)nc2c1. The molecule has 10 aromatic rings. The van der Waals surface area contributed by atoms with Crippen molar-refractivity contribution in [1.82, 2.24) is 29.9 Å². The van der Waals surface area contributed by atoms with Crippen molar-refractivity contribution in [2.75, 3.05) is 0 Å². The number of nitrogens with one attached hydrogen (secondary N) is 2. The lowest BCUT2D eigenvalue weighted by molar-refractivity contribution is 0.617. The van der Waals surface area contributed by atoms with E-state index < -0.39 is 0 Å². The number of benzene rings is 6. The Kier molecular flexibility index (Phi) is 6.13. The number of H-pyrrole nitrogens is 2. The molecular formula is C42H28N6O2. The number of rotatable bonds is 5. The van der Waals surface area contributed by atoms with E-state index in [4.69, 9.17) is 23.8 Å². The van der Waals surface area contributed by atoms with E-state index in [1.54, 1.807) is 0 Å². The molecule has 2 N–H and O–H groups in total. The second-order valence-electron chi connectivity index (χ2n) is 12.8. The summed E-state index contributed by atoms with van der Waals surface area (Å²) in [5, 5.41) is 0. The van der Waals surface area contributed by atoms with Crippen molar-refractivity contribution < 1.29 is 8.83 Å². The van der Waals surface area contributed by atoms with E-state index >= 15 is 0 Å². The molecule has 0 fully saturated rings. The van der Waals surface area contributed by atoms with Gasteiger partial charge in [0, 0.05) is 22.3 Å². The predicted octanol–water partition coefficient (Wildman–Crippen LogP) is 10.7. The number of aromatic nitrogens is 6. The average molecular weight is 649 g/mol. The first-order valence-corrected chi connectivity index (χ1v) is 16.5. The zero-order valence-electron chi connectivity index (χ0n) is 27.2. The Labute approximate surface area is 285 Å². The van der Waals surface area contributed by atoms with Gasteiger partial charge in [-0.05, 0) is 109 Å². The summed E-state index contributed by atoms with van der Waals surface area (Å²) in [6, 6.07) is 40.9. The maximum Gasteiger partial charge on any atom is 0.227 e. The fraction of sp³-hybridized carbons (Fsp3) is 0.0476. The van der Waals surface area contributed by atoms with Crippen LogP contribution in [0.1, 0.15) is 11.1 Å². The van der Waals surface area contributed by atoms with E-state index in [1.807, 2.05) is 55.5 Å². The predicted molar refractivity (Wildman–Crippen MR) is 198 cm³/mol. The molecule has 0 unspecified atom stereocenters. The number of fused-ring (bicyclic) bond motifs is 4. The minimum atomic E-state index is 0.561. The van der Waals surface area contributed by atoms with E-state index in [0.29, 0.717) is 11.8 Å². The summed E-state index contributed by atoms with van der Waals surface area (Å²) < 4.78 is 12.1. The van der Waals surface area contributed by atoms with Crippen molar-refractivity contribution in [3.05, 3.63) is 132 Å². The summed E-state index contributed by atoms with van der Waals surface area (Å²) in [6.07, 6.45) is 0. The Morgan fingerprint density at radius 3 is 1.38 bits per heavy atom. The second-order valence-corrected chi connectivity index (χ2v) is 12.8. The van der Waals surface area contributed by atoms with Crippen molar-refractivity contribution in [3.63, 3.8) is 0 Å². The molecule has 8 nitrogen and oxygen atoms in total. The van der Waals surface area contributed by atoms with Crippen molar-refractivity contribution in [1.29, 1.82) is 0 Å². The first-order valence-electron chi connectivity index (χ1n) is 16.5. The quantitative estimate of drug-likeness (QED) is 0.192. The van der Waals surface area contributed by atoms with Gasteiger partial charge in [-0.25, -0.2) is 19.9 Å². The molecule has 0 amide bonds. The molecule has 0 bridgehead atoms. The molecule has 0 aliphatic rings. The van der Waals surface area contributed by atoms with Crippen LogP contribution in [0.3, 0.4) is 0 Å². The summed E-state index contributed by atoms with van der Waals surface area (Å²) in [4.78, 5) is 26.1. The van der Waals surface area contributed by atoms with Crippen LogP contribution in [0.15, 0.2) is 130 Å². The molecule has 0 radical (unpaired) electrons. The molecule has 0 aliphatic carbocycles. The highest BCUT2D eigenvalue weighted by atomic mass is 16.4. The van der Waals surface area contributed by atoms with E-state index in [1.165, 1.54) is 5.56 Å². The third-order valence-electron chi connectivity index (χ3n) is 9.20. The third kappa shape index (κ3) is 4.85. The molecule has 8 heteroatoms. The number of aromatic amines is 2. The molecule has 0 saturated carbocycles. The molecule has 10 rings (SSSR count). The second kappa shape index (κ2) is 10.9. The van der Waals surface area contributed by atoms with Gasteiger partial charge in [-0.2, -0.15) is 0 Å². The van der Waals surface area contributed by atoms with Crippen molar-refractivity contribution in [3.8, 4) is 56.8 Å². The maximum atomic E-state index is 6.16. The lowest BCUT2D eigenvalue weighted by Gasteiger charge is -2.01. The van der Waals surface area contributed by atoms with Gasteiger partial charge in [-0.3, -0.25) is 0 Å². The average Bonchev–Trinajstić information content (AvgIpc) is 3.95. The van der Waals surface area contributed by atoms with Crippen LogP contribution >= 0.6 is 0 Å². The van der Waals surface area contributed by atoms with Gasteiger partial charge in [0.2, 0.25) is 11.8 Å². The highest BCUT2D eigenvalue weighted by molar-refractivity contribution is 5.88. The Morgan fingerprint density at radius 2 is 0.780 bits per heavy atom. The van der Waals surface area contributed by atoms with Crippen LogP contribution < -0.4 is 0 Å². The number of hydrogen-bond donors (Lipinski definition) is 2. The highest BCUT2D eigenvalue weighted by Gasteiger charge is 2.14. The number of aryl methyl sites for hydroxylation is 2. The molecule has 50 heavy (non-hydrogen) atoms. The van der Waals surface area contributed by atoms with Crippen LogP contribution in [0.2, 0.25) is 0 Å². The van der Waals surface area contributed by atoms with Crippen molar-refractivity contribution in [2.45, 2.75) is 13.8 Å². The fourth-order valence-electron chi connectivity index (χ4n) is 6.51. The Morgan fingerprint density at radius 1 is 0.380 bits per heavy atom. The highest BCUT2D eigenvalue weighted by Crippen LogP contribution is 2.33. The molecule has 0 saturated heterocycles. The van der Waals surface area contributed by atoms with Gasteiger partial charge in [0.1, 0.15) is 22.7 Å². The minimum absolute atomic E-state index is 0.561. The van der Waals surface area contributed by atoms with E-state index in [9.17, 15) is 0 Å². The Bertz CT molecular complexity index is 2690. The molecule has 0 aliphatic heterocycles. The van der Waals surface area contributed by atoms with Crippen molar-refractivity contribution in [2.24, 2.45) is 0 Å². The van der Waals surface area contributed by atoms with Gasteiger partial charge in [0.15, 0.2) is 11.2 Å². The van der Waals surface area contributed by atoms with Gasteiger partial charge >= 0.3 is 0 Å². The lowest BCUT2D eigenvalue weighted by atomic mass is 10.0. The minimum Gasteiger partial charge on any atom is -0.436 e. The van der Waals surface area contributed by atoms with E-state index in [2.05, 4.69) is 94.7 Å². The molecule has 6 aromatic carbocycles. The summed E-state index contributed by atoms with van der Waals surface area (Å²) in [7, 11) is 0. The van der Waals surface area contributed by atoms with Crippen LogP contribution in [0.25, 0.3) is 101 Å². The molecule has 238 valence electrons. The van der Waals surface area contributed by atoms with Crippen LogP contribution in [-0.4, -0.2) is 29.9 Å². The molecule has 0 atom stereocenters. The van der Waals surface area contributed by atoms with Crippen LogP contribution in [0, 0.1) is 13.8 Å². The maximum absolute atomic E-state index is 6.16. The van der Waals surface area contributed by atoms with Crippen LogP contribution in [0.4, 0.5) is 0 Å². The zero-order valence-corrected chi connectivity index (χ0v) is 27.2. The fourth-order valence-corrected chi connectivity index (χ4v) is 6.51. The molecule has 4 heterocycles.